The zero-order valence-electron chi connectivity index (χ0n) is 10.5. The Kier molecular flexibility index (Phi) is 4.36. The van der Waals surface area contributed by atoms with Gasteiger partial charge in [0.15, 0.2) is 0 Å². The Balaban J connectivity index is 2.75. The normalized spacial score (nSPS) is 35.1. The van der Waals surface area contributed by atoms with Gasteiger partial charge in [-0.2, -0.15) is 0 Å². The molecule has 4 atom stereocenters. The van der Waals surface area contributed by atoms with Crippen LogP contribution in [0.1, 0.15) is 47.0 Å². The van der Waals surface area contributed by atoms with E-state index in [-0.39, 0.29) is 4.75 Å². The molecule has 0 saturated heterocycles. The summed E-state index contributed by atoms with van der Waals surface area (Å²) in [5.74, 6) is 1.19. The van der Waals surface area contributed by atoms with Gasteiger partial charge < -0.3 is 5.73 Å². The van der Waals surface area contributed by atoms with E-state index in [1.54, 1.807) is 0 Å². The molecule has 0 spiro atoms. The summed E-state index contributed by atoms with van der Waals surface area (Å²) in [5.41, 5.74) is 5.79. The molecular weight excluding hydrogens is 206 g/mol. The van der Waals surface area contributed by atoms with E-state index < -0.39 is 10.8 Å². The van der Waals surface area contributed by atoms with Crippen molar-refractivity contribution in [3.63, 3.8) is 0 Å². The van der Waals surface area contributed by atoms with E-state index >= 15 is 0 Å². The molecule has 1 fully saturated rings. The molecule has 1 aliphatic carbocycles. The maximum Gasteiger partial charge on any atom is 0.0396 e. The van der Waals surface area contributed by atoms with Crippen LogP contribution < -0.4 is 5.73 Å². The first kappa shape index (κ1) is 13.2. The van der Waals surface area contributed by atoms with Crippen molar-refractivity contribution < 1.29 is 4.21 Å². The van der Waals surface area contributed by atoms with Crippen molar-refractivity contribution in [3.05, 3.63) is 0 Å². The molecule has 1 rings (SSSR count). The Bertz CT molecular complexity index is 234. The van der Waals surface area contributed by atoms with Crippen molar-refractivity contribution in [1.29, 1.82) is 0 Å². The lowest BCUT2D eigenvalue weighted by Gasteiger charge is -2.37. The lowest BCUT2D eigenvalue weighted by Crippen LogP contribution is -2.42. The Morgan fingerprint density at radius 3 is 2.40 bits per heavy atom. The zero-order chi connectivity index (χ0) is 11.6. The van der Waals surface area contributed by atoms with E-state index in [0.29, 0.717) is 23.6 Å². The lowest BCUT2D eigenvalue weighted by molar-refractivity contribution is 0.300. The average molecular weight is 231 g/mol. The van der Waals surface area contributed by atoms with Gasteiger partial charge in [0.2, 0.25) is 0 Å². The van der Waals surface area contributed by atoms with Gasteiger partial charge in [-0.05, 0) is 52.0 Å². The largest absolute Gasteiger partial charge is 0.330 e. The minimum Gasteiger partial charge on any atom is -0.330 e. The average Bonchev–Trinajstić information content (AvgIpc) is 2.15. The fourth-order valence-corrected chi connectivity index (χ4v) is 4.39. The van der Waals surface area contributed by atoms with Crippen LogP contribution in [0.5, 0.6) is 0 Å². The van der Waals surface area contributed by atoms with Crippen molar-refractivity contribution in [2.24, 2.45) is 17.6 Å². The fraction of sp³-hybridized carbons (Fsp3) is 1.00. The Morgan fingerprint density at radius 2 is 1.93 bits per heavy atom. The summed E-state index contributed by atoms with van der Waals surface area (Å²) in [6.07, 6.45) is 3.50. The van der Waals surface area contributed by atoms with Crippen molar-refractivity contribution in [1.82, 2.24) is 0 Å². The smallest absolute Gasteiger partial charge is 0.0396 e. The first-order chi connectivity index (χ1) is 6.86. The predicted molar refractivity (Wildman–Crippen MR) is 67.2 cm³/mol. The van der Waals surface area contributed by atoms with Gasteiger partial charge >= 0.3 is 0 Å². The van der Waals surface area contributed by atoms with Crippen molar-refractivity contribution in [2.75, 3.05) is 6.54 Å². The SMILES string of the molecule is CC1CCC(CN)C(S(=O)C(C)(C)C)C1. The standard InChI is InChI=1S/C12H25NOS/c1-9-5-6-10(8-13)11(7-9)15(14)12(2,3)4/h9-11H,5-8,13H2,1-4H3. The molecule has 0 radical (unpaired) electrons. The van der Waals surface area contributed by atoms with Crippen LogP contribution in [-0.2, 0) is 10.8 Å². The van der Waals surface area contributed by atoms with Gasteiger partial charge in [-0.15, -0.1) is 0 Å². The number of hydrogen-bond donors (Lipinski definition) is 1. The van der Waals surface area contributed by atoms with Crippen molar-refractivity contribution in [2.45, 2.75) is 57.0 Å². The molecule has 0 aliphatic heterocycles. The molecule has 0 aromatic carbocycles. The highest BCUT2D eigenvalue weighted by Crippen LogP contribution is 2.34. The number of nitrogens with two attached hydrogens (primary N) is 1. The third-order valence-electron chi connectivity index (χ3n) is 3.37. The van der Waals surface area contributed by atoms with Crippen LogP contribution in [0.2, 0.25) is 0 Å². The van der Waals surface area contributed by atoms with Crippen LogP contribution in [0.25, 0.3) is 0 Å². The molecule has 0 aromatic rings. The number of hydrogen-bond acceptors (Lipinski definition) is 2. The van der Waals surface area contributed by atoms with Gasteiger partial charge in [0.1, 0.15) is 0 Å². The second kappa shape index (κ2) is 4.96. The van der Waals surface area contributed by atoms with E-state index in [1.807, 2.05) is 0 Å². The van der Waals surface area contributed by atoms with Crippen LogP contribution in [0.15, 0.2) is 0 Å². The minimum absolute atomic E-state index is 0.102. The maximum atomic E-state index is 12.4. The first-order valence-corrected chi connectivity index (χ1v) is 7.18. The highest BCUT2D eigenvalue weighted by molar-refractivity contribution is 7.87. The summed E-state index contributed by atoms with van der Waals surface area (Å²) in [6, 6.07) is 0. The molecule has 0 bridgehead atoms. The van der Waals surface area contributed by atoms with E-state index in [0.717, 1.165) is 12.8 Å². The molecule has 4 unspecified atom stereocenters. The molecule has 15 heavy (non-hydrogen) atoms. The Labute approximate surface area is 96.5 Å². The monoisotopic (exact) mass is 231 g/mol. The van der Waals surface area contributed by atoms with E-state index in [2.05, 4.69) is 27.7 Å². The Hall–Kier alpha value is 0.110. The van der Waals surface area contributed by atoms with Gasteiger partial charge in [-0.25, -0.2) is 0 Å². The molecule has 1 saturated carbocycles. The third kappa shape index (κ3) is 3.28. The fourth-order valence-electron chi connectivity index (χ4n) is 2.38. The van der Waals surface area contributed by atoms with Gasteiger partial charge in [-0.3, -0.25) is 4.21 Å². The van der Waals surface area contributed by atoms with Crippen LogP contribution in [-0.4, -0.2) is 20.8 Å². The Morgan fingerprint density at radius 1 is 1.33 bits per heavy atom. The molecular formula is C12H25NOS. The maximum absolute atomic E-state index is 12.4. The summed E-state index contributed by atoms with van der Waals surface area (Å²) in [4.78, 5) is 0. The molecule has 0 aromatic heterocycles. The molecule has 2 nitrogen and oxygen atoms in total. The van der Waals surface area contributed by atoms with E-state index in [1.165, 1.54) is 6.42 Å². The quantitative estimate of drug-likeness (QED) is 0.792. The minimum atomic E-state index is -0.754. The molecule has 1 aliphatic rings. The van der Waals surface area contributed by atoms with E-state index in [4.69, 9.17) is 5.73 Å². The van der Waals surface area contributed by atoms with Crippen LogP contribution in [0.4, 0.5) is 0 Å². The summed E-state index contributed by atoms with van der Waals surface area (Å²) < 4.78 is 12.3. The van der Waals surface area contributed by atoms with Crippen LogP contribution in [0.3, 0.4) is 0 Å². The second-order valence-corrected chi connectivity index (χ2v) is 8.29. The summed E-state index contributed by atoms with van der Waals surface area (Å²) in [5, 5.41) is 0.318. The van der Waals surface area contributed by atoms with Crippen molar-refractivity contribution in [3.8, 4) is 0 Å². The summed E-state index contributed by atoms with van der Waals surface area (Å²) >= 11 is 0. The van der Waals surface area contributed by atoms with Crippen molar-refractivity contribution >= 4 is 10.8 Å². The topological polar surface area (TPSA) is 43.1 Å². The first-order valence-electron chi connectivity index (χ1n) is 5.97. The van der Waals surface area contributed by atoms with Gasteiger partial charge in [-0.1, -0.05) is 13.3 Å². The second-order valence-electron chi connectivity index (χ2n) is 5.86. The van der Waals surface area contributed by atoms with Crippen LogP contribution in [0, 0.1) is 11.8 Å². The molecule has 0 amide bonds. The summed E-state index contributed by atoms with van der Waals surface area (Å²) in [7, 11) is -0.754. The number of rotatable bonds is 2. The van der Waals surface area contributed by atoms with Crippen LogP contribution >= 0.6 is 0 Å². The molecule has 90 valence electrons. The van der Waals surface area contributed by atoms with E-state index in [9.17, 15) is 4.21 Å². The van der Waals surface area contributed by atoms with Gasteiger partial charge in [0.05, 0.1) is 0 Å². The van der Waals surface area contributed by atoms with Gasteiger partial charge in [0.25, 0.3) is 0 Å². The zero-order valence-corrected chi connectivity index (χ0v) is 11.3. The predicted octanol–water partition coefficient (Wildman–Crippen LogP) is 2.30. The van der Waals surface area contributed by atoms with Gasteiger partial charge in [0, 0.05) is 20.8 Å². The molecule has 3 heteroatoms. The highest BCUT2D eigenvalue weighted by Gasteiger charge is 2.36. The molecule has 2 N–H and O–H groups in total. The lowest BCUT2D eigenvalue weighted by atomic mass is 9.82. The molecule has 0 heterocycles. The highest BCUT2D eigenvalue weighted by atomic mass is 32.2. The third-order valence-corrected chi connectivity index (χ3v) is 5.71. The summed E-state index contributed by atoms with van der Waals surface area (Å²) in [6.45, 7) is 9.15.